The summed E-state index contributed by atoms with van der Waals surface area (Å²) in [6.07, 6.45) is 1.12. The summed E-state index contributed by atoms with van der Waals surface area (Å²) in [6.45, 7) is 2.16. The number of hydrogen-bond donors (Lipinski definition) is 2. The molecule has 0 aliphatic heterocycles. The number of aliphatic carboxylic acids is 1. The van der Waals surface area contributed by atoms with E-state index in [1.54, 1.807) is 6.92 Å². The molecule has 0 bridgehead atoms. The van der Waals surface area contributed by atoms with Gasteiger partial charge in [-0.05, 0) is 67.3 Å². The standard InChI is InChI=1S/C25H27NO4/c1-18(26)24(25(27)28)8-5-17-29-21-13-15-23(16-14-21)30-22-11-9-20(10-12-22)19-6-3-2-4-7-19/h2-4,6-7,9-16,18,24H,5,8,17,26H2,1H3,(H,27,28). The molecule has 0 radical (unpaired) electrons. The molecule has 2 atom stereocenters. The summed E-state index contributed by atoms with van der Waals surface area (Å²) in [4.78, 5) is 11.1. The van der Waals surface area contributed by atoms with Gasteiger partial charge in [0.05, 0.1) is 12.5 Å². The monoisotopic (exact) mass is 405 g/mol. The lowest BCUT2D eigenvalue weighted by atomic mass is 9.97. The Morgan fingerprint density at radius 2 is 1.40 bits per heavy atom. The molecular weight excluding hydrogens is 378 g/mol. The molecule has 0 fully saturated rings. The first-order chi connectivity index (χ1) is 14.5. The number of rotatable bonds is 10. The highest BCUT2D eigenvalue weighted by atomic mass is 16.5. The highest BCUT2D eigenvalue weighted by Gasteiger charge is 2.21. The summed E-state index contributed by atoms with van der Waals surface area (Å²) in [6, 6.07) is 25.2. The zero-order valence-corrected chi connectivity index (χ0v) is 17.0. The summed E-state index contributed by atoms with van der Waals surface area (Å²) in [5, 5.41) is 9.15. The first-order valence-electron chi connectivity index (χ1n) is 10.1. The Balaban J connectivity index is 1.48. The number of benzene rings is 3. The number of carboxylic acids is 1. The van der Waals surface area contributed by atoms with Crippen molar-refractivity contribution in [2.45, 2.75) is 25.8 Å². The number of hydrogen-bond acceptors (Lipinski definition) is 4. The average Bonchev–Trinajstić information content (AvgIpc) is 2.75. The van der Waals surface area contributed by atoms with Crippen molar-refractivity contribution in [3.63, 3.8) is 0 Å². The highest BCUT2D eigenvalue weighted by molar-refractivity contribution is 5.70. The van der Waals surface area contributed by atoms with Gasteiger partial charge in [0.25, 0.3) is 0 Å². The van der Waals surface area contributed by atoms with Gasteiger partial charge in [0.15, 0.2) is 0 Å². The van der Waals surface area contributed by atoms with Crippen LogP contribution < -0.4 is 15.2 Å². The normalized spacial score (nSPS) is 12.7. The first-order valence-corrected chi connectivity index (χ1v) is 10.1. The third-order valence-corrected chi connectivity index (χ3v) is 4.90. The maximum Gasteiger partial charge on any atom is 0.308 e. The molecule has 0 aliphatic carbocycles. The summed E-state index contributed by atoms with van der Waals surface area (Å²) in [5.41, 5.74) is 8.02. The van der Waals surface area contributed by atoms with Gasteiger partial charge in [-0.15, -0.1) is 0 Å². The van der Waals surface area contributed by atoms with Crippen LogP contribution in [0.1, 0.15) is 19.8 Å². The van der Waals surface area contributed by atoms with Crippen LogP contribution in [-0.4, -0.2) is 23.7 Å². The molecule has 156 valence electrons. The van der Waals surface area contributed by atoms with Gasteiger partial charge in [-0.1, -0.05) is 42.5 Å². The molecule has 0 heterocycles. The number of carbonyl (C=O) groups is 1. The van der Waals surface area contributed by atoms with Gasteiger partial charge < -0.3 is 20.3 Å². The molecule has 0 saturated carbocycles. The van der Waals surface area contributed by atoms with E-state index in [2.05, 4.69) is 12.1 Å². The van der Waals surface area contributed by atoms with Crippen LogP contribution in [0.4, 0.5) is 0 Å². The summed E-state index contributed by atoms with van der Waals surface area (Å²) >= 11 is 0. The van der Waals surface area contributed by atoms with Gasteiger partial charge in [0.2, 0.25) is 0 Å². The number of nitrogens with two attached hydrogens (primary N) is 1. The molecule has 5 nitrogen and oxygen atoms in total. The lowest BCUT2D eigenvalue weighted by Gasteiger charge is -2.16. The third-order valence-electron chi connectivity index (χ3n) is 4.90. The zero-order valence-electron chi connectivity index (χ0n) is 17.0. The Labute approximate surface area is 177 Å². The molecule has 3 N–H and O–H groups in total. The van der Waals surface area contributed by atoms with Crippen LogP contribution in [0.15, 0.2) is 78.9 Å². The van der Waals surface area contributed by atoms with E-state index in [1.165, 1.54) is 5.56 Å². The van der Waals surface area contributed by atoms with Crippen molar-refractivity contribution in [1.29, 1.82) is 0 Å². The summed E-state index contributed by atoms with van der Waals surface area (Å²) in [5.74, 6) is 0.798. The molecule has 0 aliphatic rings. The number of carboxylic acid groups (broad SMARTS) is 1. The Hall–Kier alpha value is -3.31. The Morgan fingerprint density at radius 1 is 0.867 bits per heavy atom. The van der Waals surface area contributed by atoms with Crippen molar-refractivity contribution >= 4 is 5.97 Å². The molecule has 30 heavy (non-hydrogen) atoms. The third kappa shape index (κ3) is 6.09. The van der Waals surface area contributed by atoms with E-state index in [-0.39, 0.29) is 6.04 Å². The molecule has 3 aromatic rings. The van der Waals surface area contributed by atoms with Gasteiger partial charge in [0.1, 0.15) is 17.2 Å². The highest BCUT2D eigenvalue weighted by Crippen LogP contribution is 2.27. The minimum Gasteiger partial charge on any atom is -0.494 e. The second-order valence-corrected chi connectivity index (χ2v) is 7.26. The van der Waals surface area contributed by atoms with E-state index in [0.717, 1.165) is 22.8 Å². The van der Waals surface area contributed by atoms with Crippen LogP contribution in [0, 0.1) is 5.92 Å². The van der Waals surface area contributed by atoms with Crippen molar-refractivity contribution in [3.8, 4) is 28.4 Å². The maximum absolute atomic E-state index is 11.1. The topological polar surface area (TPSA) is 81.8 Å². The summed E-state index contributed by atoms with van der Waals surface area (Å²) < 4.78 is 11.6. The van der Waals surface area contributed by atoms with E-state index >= 15 is 0 Å². The van der Waals surface area contributed by atoms with Crippen LogP contribution in [0.2, 0.25) is 0 Å². The SMILES string of the molecule is CC(N)C(CCCOc1ccc(Oc2ccc(-c3ccccc3)cc2)cc1)C(=O)O. The minimum absolute atomic E-state index is 0.374. The predicted octanol–water partition coefficient (Wildman–Crippen LogP) is 5.35. The first kappa shape index (κ1) is 21.4. The van der Waals surface area contributed by atoms with E-state index < -0.39 is 11.9 Å². The van der Waals surface area contributed by atoms with E-state index in [0.29, 0.717) is 19.4 Å². The van der Waals surface area contributed by atoms with Crippen molar-refractivity contribution in [2.75, 3.05) is 6.61 Å². The molecule has 3 aromatic carbocycles. The lowest BCUT2D eigenvalue weighted by molar-refractivity contribution is -0.142. The second kappa shape index (κ2) is 10.5. The molecule has 3 rings (SSSR count). The predicted molar refractivity (Wildman–Crippen MR) is 118 cm³/mol. The van der Waals surface area contributed by atoms with Crippen LogP contribution in [0.3, 0.4) is 0 Å². The van der Waals surface area contributed by atoms with Gasteiger partial charge in [-0.25, -0.2) is 0 Å². The molecule has 0 amide bonds. The summed E-state index contributed by atoms with van der Waals surface area (Å²) in [7, 11) is 0. The van der Waals surface area contributed by atoms with Crippen molar-refractivity contribution < 1.29 is 19.4 Å². The van der Waals surface area contributed by atoms with Crippen LogP contribution >= 0.6 is 0 Å². The fourth-order valence-corrected chi connectivity index (χ4v) is 3.19. The molecular formula is C25H27NO4. The van der Waals surface area contributed by atoms with Crippen molar-refractivity contribution in [3.05, 3.63) is 78.9 Å². The molecule has 0 spiro atoms. The Kier molecular flexibility index (Phi) is 7.46. The van der Waals surface area contributed by atoms with Crippen LogP contribution in [0.25, 0.3) is 11.1 Å². The lowest BCUT2D eigenvalue weighted by Crippen LogP contribution is -2.33. The average molecular weight is 405 g/mol. The van der Waals surface area contributed by atoms with Gasteiger partial charge in [-0.3, -0.25) is 4.79 Å². The number of ether oxygens (including phenoxy) is 2. The smallest absolute Gasteiger partial charge is 0.308 e. The Bertz CT molecular complexity index is 922. The molecule has 0 saturated heterocycles. The van der Waals surface area contributed by atoms with Gasteiger partial charge in [-0.2, -0.15) is 0 Å². The molecule has 0 aromatic heterocycles. The van der Waals surface area contributed by atoms with E-state index in [1.807, 2.05) is 66.7 Å². The zero-order chi connectivity index (χ0) is 21.3. The molecule has 5 heteroatoms. The van der Waals surface area contributed by atoms with Crippen molar-refractivity contribution in [2.24, 2.45) is 11.7 Å². The molecule has 2 unspecified atom stereocenters. The fraction of sp³-hybridized carbons (Fsp3) is 0.240. The van der Waals surface area contributed by atoms with Crippen LogP contribution in [-0.2, 0) is 4.79 Å². The quantitative estimate of drug-likeness (QED) is 0.444. The van der Waals surface area contributed by atoms with E-state index in [9.17, 15) is 4.79 Å². The van der Waals surface area contributed by atoms with E-state index in [4.69, 9.17) is 20.3 Å². The second-order valence-electron chi connectivity index (χ2n) is 7.26. The largest absolute Gasteiger partial charge is 0.494 e. The Morgan fingerprint density at radius 3 is 1.97 bits per heavy atom. The maximum atomic E-state index is 11.1. The van der Waals surface area contributed by atoms with Crippen LogP contribution in [0.5, 0.6) is 17.2 Å². The minimum atomic E-state index is -0.858. The van der Waals surface area contributed by atoms with Crippen molar-refractivity contribution in [1.82, 2.24) is 0 Å². The van der Waals surface area contributed by atoms with Gasteiger partial charge >= 0.3 is 5.97 Å². The fourth-order valence-electron chi connectivity index (χ4n) is 3.19. The van der Waals surface area contributed by atoms with Gasteiger partial charge in [0, 0.05) is 6.04 Å².